The van der Waals surface area contributed by atoms with Crippen molar-refractivity contribution in [3.05, 3.63) is 84.1 Å². The van der Waals surface area contributed by atoms with Gasteiger partial charge in [0.1, 0.15) is 18.2 Å². The summed E-state index contributed by atoms with van der Waals surface area (Å²) in [5.74, 6) is 3.18. The van der Waals surface area contributed by atoms with Crippen LogP contribution in [0.15, 0.2) is 67.4 Å². The van der Waals surface area contributed by atoms with E-state index in [2.05, 4.69) is 22.3 Å². The lowest BCUT2D eigenvalue weighted by Crippen LogP contribution is -2.57. The van der Waals surface area contributed by atoms with Gasteiger partial charge in [-0.3, -0.25) is 0 Å². The largest absolute Gasteiger partial charge is 0.489 e. The summed E-state index contributed by atoms with van der Waals surface area (Å²) in [6, 6.07) is 14.8. The predicted octanol–water partition coefficient (Wildman–Crippen LogP) is 7.65. The molecule has 3 aromatic rings. The molecule has 8 heteroatoms. The standard InChI is InChI=1S/C32H35F3N4O/c1-20(38-31-15-22-11-23(16-31)13-24(12-22)17-31)26-18-36-39-29(32(33,34)35)14-27(37-30(26)39)25-9-5-6-10-28(25)40-19-21-7-3-2-4-8-21/h2-10,18,22-24,27,29,37-38H,1,11-17,19H2. The molecule has 5 aliphatic rings. The third kappa shape index (κ3) is 4.65. The summed E-state index contributed by atoms with van der Waals surface area (Å²) in [5, 5.41) is 11.4. The summed E-state index contributed by atoms with van der Waals surface area (Å²) >= 11 is 0. The smallest absolute Gasteiger partial charge is 0.410 e. The van der Waals surface area contributed by atoms with E-state index in [1.807, 2.05) is 54.6 Å². The molecule has 0 saturated heterocycles. The monoisotopic (exact) mass is 548 g/mol. The second-order valence-corrected chi connectivity index (χ2v) is 12.5. The fourth-order valence-electron chi connectivity index (χ4n) is 8.27. The molecule has 4 bridgehead atoms. The quantitative estimate of drug-likeness (QED) is 0.318. The van der Waals surface area contributed by atoms with Crippen LogP contribution in [0.2, 0.25) is 0 Å². The number of hydrogen-bond acceptors (Lipinski definition) is 4. The van der Waals surface area contributed by atoms with E-state index in [4.69, 9.17) is 4.74 Å². The molecule has 4 saturated carbocycles. The number of ether oxygens (including phenoxy) is 1. The number of nitrogens with one attached hydrogen (secondary N) is 2. The first kappa shape index (κ1) is 25.5. The van der Waals surface area contributed by atoms with Gasteiger partial charge in [-0.25, -0.2) is 4.68 Å². The normalized spacial score (nSPS) is 30.4. The average Bonchev–Trinajstić information content (AvgIpc) is 3.35. The van der Waals surface area contributed by atoms with Crippen LogP contribution in [0.25, 0.3) is 5.70 Å². The molecule has 2 unspecified atom stereocenters. The lowest BCUT2D eigenvalue weighted by Gasteiger charge is -2.57. The highest BCUT2D eigenvalue weighted by atomic mass is 19.4. The van der Waals surface area contributed by atoms with Crippen LogP contribution >= 0.6 is 0 Å². The van der Waals surface area contributed by atoms with Crippen molar-refractivity contribution in [3.63, 3.8) is 0 Å². The molecular weight excluding hydrogens is 513 g/mol. The van der Waals surface area contributed by atoms with Crippen molar-refractivity contribution >= 4 is 11.5 Å². The fourth-order valence-corrected chi connectivity index (χ4v) is 8.27. The minimum atomic E-state index is -4.45. The Kier molecular flexibility index (Phi) is 6.13. The number of anilines is 1. The minimum absolute atomic E-state index is 0.00394. The number of aromatic nitrogens is 2. The first-order valence-electron chi connectivity index (χ1n) is 14.4. The highest BCUT2D eigenvalue weighted by Crippen LogP contribution is 2.56. The molecule has 0 radical (unpaired) electrons. The van der Waals surface area contributed by atoms with Gasteiger partial charge in [0.05, 0.1) is 17.8 Å². The zero-order valence-corrected chi connectivity index (χ0v) is 22.5. The van der Waals surface area contributed by atoms with Gasteiger partial charge in [-0.2, -0.15) is 18.3 Å². The fraction of sp³-hybridized carbons (Fsp3) is 0.469. The molecule has 40 heavy (non-hydrogen) atoms. The van der Waals surface area contributed by atoms with Crippen molar-refractivity contribution < 1.29 is 17.9 Å². The summed E-state index contributed by atoms with van der Waals surface area (Å²) in [5.41, 5.74) is 2.96. The maximum atomic E-state index is 14.4. The highest BCUT2D eigenvalue weighted by Gasteiger charge is 2.52. The second-order valence-electron chi connectivity index (χ2n) is 12.5. The molecule has 5 nitrogen and oxygen atoms in total. The van der Waals surface area contributed by atoms with Crippen LogP contribution in [0, 0.1) is 17.8 Å². The van der Waals surface area contributed by atoms with E-state index >= 15 is 0 Å². The molecule has 2 aromatic carbocycles. The Labute approximate surface area is 232 Å². The Morgan fingerprint density at radius 3 is 2.30 bits per heavy atom. The molecule has 1 aromatic heterocycles. The van der Waals surface area contributed by atoms with Gasteiger partial charge < -0.3 is 15.4 Å². The van der Waals surface area contributed by atoms with Crippen molar-refractivity contribution in [2.45, 2.75) is 75.4 Å². The van der Waals surface area contributed by atoms with Crippen molar-refractivity contribution in [1.82, 2.24) is 15.1 Å². The molecule has 0 spiro atoms. The van der Waals surface area contributed by atoms with Crippen molar-refractivity contribution in [2.75, 3.05) is 5.32 Å². The van der Waals surface area contributed by atoms with Crippen LogP contribution in [0.4, 0.5) is 19.0 Å². The topological polar surface area (TPSA) is 51.1 Å². The average molecular weight is 549 g/mol. The summed E-state index contributed by atoms with van der Waals surface area (Å²) in [6.45, 7) is 4.67. The zero-order chi connectivity index (χ0) is 27.5. The van der Waals surface area contributed by atoms with Crippen LogP contribution in [0.1, 0.15) is 73.7 Å². The number of nitrogens with zero attached hydrogens (tertiary/aromatic N) is 2. The van der Waals surface area contributed by atoms with Crippen LogP contribution in [0.3, 0.4) is 0 Å². The number of halogens is 3. The van der Waals surface area contributed by atoms with Crippen LogP contribution in [0.5, 0.6) is 5.75 Å². The number of fused-ring (bicyclic) bond motifs is 1. The van der Waals surface area contributed by atoms with Gasteiger partial charge in [0, 0.05) is 23.2 Å². The maximum absolute atomic E-state index is 14.4. The molecule has 4 aliphatic carbocycles. The van der Waals surface area contributed by atoms with Crippen LogP contribution in [-0.4, -0.2) is 21.5 Å². The van der Waals surface area contributed by atoms with Gasteiger partial charge in [-0.1, -0.05) is 55.1 Å². The molecule has 2 heterocycles. The Bertz CT molecular complexity index is 1360. The molecule has 2 atom stereocenters. The second kappa shape index (κ2) is 9.60. The lowest BCUT2D eigenvalue weighted by atomic mass is 9.53. The minimum Gasteiger partial charge on any atom is -0.489 e. The predicted molar refractivity (Wildman–Crippen MR) is 149 cm³/mol. The molecule has 2 N–H and O–H groups in total. The van der Waals surface area contributed by atoms with Gasteiger partial charge in [0.15, 0.2) is 6.04 Å². The van der Waals surface area contributed by atoms with Gasteiger partial charge in [-0.15, -0.1) is 0 Å². The third-order valence-corrected chi connectivity index (χ3v) is 9.55. The number of benzene rings is 2. The number of rotatable bonds is 7. The summed E-state index contributed by atoms with van der Waals surface area (Å²) < 4.78 is 50.5. The van der Waals surface area contributed by atoms with E-state index in [-0.39, 0.29) is 12.0 Å². The Morgan fingerprint density at radius 2 is 1.62 bits per heavy atom. The van der Waals surface area contributed by atoms with E-state index in [1.165, 1.54) is 25.5 Å². The van der Waals surface area contributed by atoms with Crippen molar-refractivity contribution in [2.24, 2.45) is 17.8 Å². The maximum Gasteiger partial charge on any atom is 0.410 e. The summed E-state index contributed by atoms with van der Waals surface area (Å²) in [4.78, 5) is 0. The number of alkyl halides is 3. The van der Waals surface area contributed by atoms with E-state index in [0.29, 0.717) is 35.0 Å². The molecule has 210 valence electrons. The van der Waals surface area contributed by atoms with Gasteiger partial charge >= 0.3 is 6.18 Å². The third-order valence-electron chi connectivity index (χ3n) is 9.55. The lowest BCUT2D eigenvalue weighted by molar-refractivity contribution is -0.173. The first-order valence-corrected chi connectivity index (χ1v) is 14.4. The first-order chi connectivity index (χ1) is 19.3. The molecule has 0 amide bonds. The molecular formula is C32H35F3N4O. The van der Waals surface area contributed by atoms with E-state index < -0.39 is 18.3 Å². The number of hydrogen-bond donors (Lipinski definition) is 2. The van der Waals surface area contributed by atoms with E-state index in [0.717, 1.165) is 47.3 Å². The van der Waals surface area contributed by atoms with Crippen molar-refractivity contribution in [1.29, 1.82) is 0 Å². The number of para-hydroxylation sites is 1. The Balaban J connectivity index is 1.17. The molecule has 1 aliphatic heterocycles. The van der Waals surface area contributed by atoms with E-state index in [9.17, 15) is 13.2 Å². The van der Waals surface area contributed by atoms with Crippen molar-refractivity contribution in [3.8, 4) is 5.75 Å². The van der Waals surface area contributed by atoms with Gasteiger partial charge in [0.2, 0.25) is 0 Å². The zero-order valence-electron chi connectivity index (χ0n) is 22.5. The van der Waals surface area contributed by atoms with Crippen LogP contribution < -0.4 is 15.4 Å². The molecule has 8 rings (SSSR count). The summed E-state index contributed by atoms with van der Waals surface area (Å²) in [6.07, 6.45) is 4.22. The Morgan fingerprint density at radius 1 is 0.975 bits per heavy atom. The van der Waals surface area contributed by atoms with E-state index in [1.54, 1.807) is 0 Å². The summed E-state index contributed by atoms with van der Waals surface area (Å²) in [7, 11) is 0. The Hall–Kier alpha value is -3.42. The SMILES string of the molecule is C=C(NC12CC3CC(CC(C3)C1)C2)c1cnn2c1NC(c1ccccc1OCc1ccccc1)CC2C(F)(F)F. The van der Waals surface area contributed by atoms with Gasteiger partial charge in [0.25, 0.3) is 0 Å². The highest BCUT2D eigenvalue weighted by molar-refractivity contribution is 5.73. The molecule has 4 fully saturated rings. The van der Waals surface area contributed by atoms with Gasteiger partial charge in [-0.05, 0) is 67.9 Å². The van der Waals surface area contributed by atoms with Crippen LogP contribution in [-0.2, 0) is 6.61 Å².